The Morgan fingerprint density at radius 2 is 1.51 bits per heavy atom. The maximum atomic E-state index is 14.1. The highest BCUT2D eigenvalue weighted by molar-refractivity contribution is 7.92. The van der Waals surface area contributed by atoms with Gasteiger partial charge in [-0.2, -0.15) is 0 Å². The molecule has 0 unspecified atom stereocenters. The zero-order valence-corrected chi connectivity index (χ0v) is 24.8. The van der Waals surface area contributed by atoms with Crippen LogP contribution in [0.25, 0.3) is 0 Å². The van der Waals surface area contributed by atoms with Gasteiger partial charge in [-0.15, -0.1) is 0 Å². The van der Waals surface area contributed by atoms with Gasteiger partial charge in [0.2, 0.25) is 11.8 Å². The molecule has 3 aromatic rings. The summed E-state index contributed by atoms with van der Waals surface area (Å²) >= 11 is 12.9. The van der Waals surface area contributed by atoms with Gasteiger partial charge in [0.1, 0.15) is 12.6 Å². The predicted molar refractivity (Wildman–Crippen MR) is 157 cm³/mol. The van der Waals surface area contributed by atoms with Crippen LogP contribution in [-0.4, -0.2) is 44.3 Å². The number of carbonyl (C=O) groups excluding carboxylic acids is 2. The highest BCUT2D eigenvalue weighted by Gasteiger charge is 2.34. The summed E-state index contributed by atoms with van der Waals surface area (Å²) in [6, 6.07) is 17.4. The van der Waals surface area contributed by atoms with Crippen molar-refractivity contribution in [3.8, 4) is 0 Å². The maximum absolute atomic E-state index is 14.1. The molecule has 39 heavy (non-hydrogen) atoms. The van der Waals surface area contributed by atoms with Gasteiger partial charge in [0.15, 0.2) is 0 Å². The smallest absolute Gasteiger partial charge is 0.264 e. The van der Waals surface area contributed by atoms with E-state index in [1.807, 2.05) is 19.9 Å². The number of carbonyl (C=O) groups is 2. The van der Waals surface area contributed by atoms with Gasteiger partial charge >= 0.3 is 0 Å². The van der Waals surface area contributed by atoms with Crippen molar-refractivity contribution in [2.45, 2.75) is 51.6 Å². The van der Waals surface area contributed by atoms with E-state index in [4.69, 9.17) is 23.2 Å². The maximum Gasteiger partial charge on any atom is 0.264 e. The summed E-state index contributed by atoms with van der Waals surface area (Å²) in [4.78, 5) is 28.6. The van der Waals surface area contributed by atoms with Gasteiger partial charge in [-0.1, -0.05) is 66.5 Å². The molecule has 0 aliphatic rings. The van der Waals surface area contributed by atoms with Crippen LogP contribution >= 0.6 is 23.2 Å². The third-order valence-electron chi connectivity index (χ3n) is 6.58. The summed E-state index contributed by atoms with van der Waals surface area (Å²) in [5.74, 6) is -0.912. The van der Waals surface area contributed by atoms with E-state index in [1.165, 1.54) is 17.0 Å². The van der Waals surface area contributed by atoms with E-state index in [1.54, 1.807) is 62.4 Å². The molecule has 0 aliphatic heterocycles. The molecule has 0 radical (unpaired) electrons. The minimum absolute atomic E-state index is 0.0511. The molecule has 0 heterocycles. The Bertz CT molecular complexity index is 1410. The minimum atomic E-state index is -4.14. The van der Waals surface area contributed by atoms with E-state index in [0.29, 0.717) is 34.3 Å². The van der Waals surface area contributed by atoms with Gasteiger partial charge in [-0.05, 0) is 68.7 Å². The molecule has 0 spiro atoms. The van der Waals surface area contributed by atoms with Crippen LogP contribution in [-0.2, 0) is 26.2 Å². The molecule has 1 N–H and O–H groups in total. The van der Waals surface area contributed by atoms with Crippen LogP contribution in [0.1, 0.15) is 37.0 Å². The number of hydrogen-bond donors (Lipinski definition) is 1. The summed E-state index contributed by atoms with van der Waals surface area (Å²) in [5.41, 5.74) is 2.46. The minimum Gasteiger partial charge on any atom is -0.355 e. The van der Waals surface area contributed by atoms with Gasteiger partial charge in [0, 0.05) is 28.7 Å². The number of likely N-dealkylation sites (N-methyl/N-ethyl adjacent to an activating group) is 1. The van der Waals surface area contributed by atoms with Gasteiger partial charge < -0.3 is 10.2 Å². The van der Waals surface area contributed by atoms with Gasteiger partial charge in [-0.3, -0.25) is 13.9 Å². The normalized spacial score (nSPS) is 12.1. The average molecular weight is 591 g/mol. The van der Waals surface area contributed by atoms with Crippen molar-refractivity contribution in [1.29, 1.82) is 0 Å². The Hall–Kier alpha value is -3.07. The highest BCUT2D eigenvalue weighted by Crippen LogP contribution is 2.30. The Balaban J connectivity index is 2.13. The van der Waals surface area contributed by atoms with E-state index in [9.17, 15) is 18.0 Å². The molecule has 3 aromatic carbocycles. The molecule has 7 nitrogen and oxygen atoms in total. The molecule has 0 bridgehead atoms. The molecule has 208 valence electrons. The molecule has 10 heteroatoms. The molecular weight excluding hydrogens is 557 g/mol. The first-order valence-electron chi connectivity index (χ1n) is 12.7. The monoisotopic (exact) mass is 589 g/mol. The first kappa shape index (κ1) is 30.5. The SMILES string of the molecule is CCNC(=O)[C@H](CC)N(Cc1c(Cl)cccc1Cl)C(=O)CN(c1cccc(C)c1C)S(=O)(=O)c1ccccc1. The number of nitrogens with zero attached hydrogens (tertiary/aromatic N) is 2. The zero-order valence-electron chi connectivity index (χ0n) is 22.4. The quantitative estimate of drug-likeness (QED) is 0.308. The lowest BCUT2D eigenvalue weighted by atomic mass is 10.1. The number of amides is 2. The van der Waals surface area contributed by atoms with Crippen molar-refractivity contribution in [1.82, 2.24) is 10.2 Å². The molecule has 0 fully saturated rings. The number of benzene rings is 3. The molecule has 2 amide bonds. The van der Waals surface area contributed by atoms with Crippen molar-refractivity contribution in [2.24, 2.45) is 0 Å². The van der Waals surface area contributed by atoms with Crippen molar-refractivity contribution in [3.63, 3.8) is 0 Å². The molecule has 3 rings (SSSR count). The number of rotatable bonds is 11. The molecule has 1 atom stereocenters. The Kier molecular flexibility index (Phi) is 10.4. The number of halogens is 2. The Morgan fingerprint density at radius 3 is 2.10 bits per heavy atom. The first-order valence-corrected chi connectivity index (χ1v) is 14.9. The predicted octanol–water partition coefficient (Wildman–Crippen LogP) is 5.75. The van der Waals surface area contributed by atoms with Crippen LogP contribution in [0.4, 0.5) is 5.69 Å². The topological polar surface area (TPSA) is 86.8 Å². The number of hydrogen-bond acceptors (Lipinski definition) is 4. The van der Waals surface area contributed by atoms with Crippen molar-refractivity contribution < 1.29 is 18.0 Å². The second-order valence-electron chi connectivity index (χ2n) is 9.08. The summed E-state index contributed by atoms with van der Waals surface area (Å²) in [7, 11) is -4.14. The van der Waals surface area contributed by atoms with Crippen LogP contribution in [0.2, 0.25) is 10.0 Å². The summed E-state index contributed by atoms with van der Waals surface area (Å²) in [5, 5.41) is 3.46. The van der Waals surface area contributed by atoms with E-state index in [0.717, 1.165) is 15.4 Å². The molecule has 0 saturated carbocycles. The van der Waals surface area contributed by atoms with Crippen molar-refractivity contribution in [3.05, 3.63) is 93.5 Å². The zero-order chi connectivity index (χ0) is 28.7. The number of sulfonamides is 1. The summed E-state index contributed by atoms with van der Waals surface area (Å²) in [6.45, 7) is 7.04. The number of anilines is 1. The third-order valence-corrected chi connectivity index (χ3v) is 9.06. The standard InChI is InChI=1S/C29H33Cl2N3O4S/c1-5-26(29(36)32-6-2)33(18-23-24(30)15-11-16-25(23)31)28(35)19-34(27-17-10-12-20(3)21(27)4)39(37,38)22-13-8-7-9-14-22/h7-17,26H,5-6,18-19H2,1-4H3,(H,32,36)/t26-/m0/s1. The van der Waals surface area contributed by atoms with Crippen LogP contribution in [0.5, 0.6) is 0 Å². The lowest BCUT2D eigenvalue weighted by Crippen LogP contribution is -2.52. The fourth-order valence-electron chi connectivity index (χ4n) is 4.30. The van der Waals surface area contributed by atoms with Crippen molar-refractivity contribution >= 4 is 50.7 Å². The van der Waals surface area contributed by atoms with E-state index < -0.39 is 28.5 Å². The molecule has 0 aromatic heterocycles. The molecule has 0 aliphatic carbocycles. The fraction of sp³-hybridized carbons (Fsp3) is 0.310. The summed E-state index contributed by atoms with van der Waals surface area (Å²) < 4.78 is 29.0. The van der Waals surface area contributed by atoms with E-state index >= 15 is 0 Å². The summed E-state index contributed by atoms with van der Waals surface area (Å²) in [6.07, 6.45) is 0.300. The molecule has 0 saturated heterocycles. The van der Waals surface area contributed by atoms with Crippen LogP contribution < -0.4 is 9.62 Å². The third kappa shape index (κ3) is 6.93. The fourth-order valence-corrected chi connectivity index (χ4v) is 6.31. The number of nitrogens with one attached hydrogen (secondary N) is 1. The lowest BCUT2D eigenvalue weighted by molar-refractivity contribution is -0.140. The lowest BCUT2D eigenvalue weighted by Gasteiger charge is -2.34. The van der Waals surface area contributed by atoms with Gasteiger partial charge in [0.05, 0.1) is 10.6 Å². The van der Waals surface area contributed by atoms with E-state index in [2.05, 4.69) is 5.32 Å². The highest BCUT2D eigenvalue weighted by atomic mass is 35.5. The van der Waals surface area contributed by atoms with Gasteiger partial charge in [-0.25, -0.2) is 8.42 Å². The number of aryl methyl sites for hydroxylation is 1. The second kappa shape index (κ2) is 13.3. The first-order chi connectivity index (χ1) is 18.5. The van der Waals surface area contributed by atoms with Crippen LogP contribution in [0.3, 0.4) is 0 Å². The van der Waals surface area contributed by atoms with E-state index in [-0.39, 0.29) is 17.3 Å². The second-order valence-corrected chi connectivity index (χ2v) is 11.8. The Labute approximate surface area is 240 Å². The van der Waals surface area contributed by atoms with Crippen LogP contribution in [0, 0.1) is 13.8 Å². The van der Waals surface area contributed by atoms with Crippen molar-refractivity contribution in [2.75, 3.05) is 17.4 Å². The van der Waals surface area contributed by atoms with Gasteiger partial charge in [0.25, 0.3) is 10.0 Å². The largest absolute Gasteiger partial charge is 0.355 e. The Morgan fingerprint density at radius 1 is 0.897 bits per heavy atom. The molecular formula is C29H33Cl2N3O4S. The van der Waals surface area contributed by atoms with Crippen LogP contribution in [0.15, 0.2) is 71.6 Å². The average Bonchev–Trinajstić information content (AvgIpc) is 2.91.